The largest absolute Gasteiger partial charge is 0.481 e. The first-order valence-electron chi connectivity index (χ1n) is 6.25. The van der Waals surface area contributed by atoms with Gasteiger partial charge in [0.05, 0.1) is 6.42 Å². The van der Waals surface area contributed by atoms with E-state index in [1.54, 1.807) is 0 Å². The Morgan fingerprint density at radius 1 is 1.11 bits per heavy atom. The van der Waals surface area contributed by atoms with Gasteiger partial charge in [0, 0.05) is 5.92 Å². The van der Waals surface area contributed by atoms with Gasteiger partial charge in [-0.05, 0) is 24.7 Å². The topological polar surface area (TPSA) is 104 Å². The summed E-state index contributed by atoms with van der Waals surface area (Å²) in [5.74, 6) is -2.13. The lowest BCUT2D eigenvalue weighted by Gasteiger charge is -2.12. The number of carbonyl (C=O) groups is 3. The van der Waals surface area contributed by atoms with E-state index < -0.39 is 24.4 Å². The van der Waals surface area contributed by atoms with Gasteiger partial charge in [0.2, 0.25) is 5.91 Å². The number of aliphatic carboxylic acids is 2. The number of hydrogen-bond acceptors (Lipinski definition) is 3. The monoisotopic (exact) mass is 255 g/mol. The molecular weight excluding hydrogens is 238 g/mol. The second kappa shape index (κ2) is 4.96. The molecule has 100 valence electrons. The normalized spacial score (nSPS) is 31.0. The second-order valence-corrected chi connectivity index (χ2v) is 5.14. The Morgan fingerprint density at radius 3 is 2.11 bits per heavy atom. The molecule has 18 heavy (non-hydrogen) atoms. The van der Waals surface area contributed by atoms with E-state index in [0.717, 1.165) is 25.7 Å². The van der Waals surface area contributed by atoms with Gasteiger partial charge in [-0.25, -0.2) is 4.79 Å². The van der Waals surface area contributed by atoms with Gasteiger partial charge >= 0.3 is 11.9 Å². The molecule has 0 aromatic heterocycles. The number of nitrogens with one attached hydrogen (secondary N) is 1. The average Bonchev–Trinajstić information content (AvgIpc) is 3.01. The van der Waals surface area contributed by atoms with Gasteiger partial charge in [-0.2, -0.15) is 0 Å². The summed E-state index contributed by atoms with van der Waals surface area (Å²) in [6.07, 6.45) is 3.73. The lowest BCUT2D eigenvalue weighted by atomic mass is 10.0. The molecule has 2 aliphatic rings. The van der Waals surface area contributed by atoms with Crippen LogP contribution in [0, 0.1) is 17.8 Å². The van der Waals surface area contributed by atoms with Crippen LogP contribution in [-0.4, -0.2) is 34.1 Å². The SMILES string of the molecule is O=C(O)C[C@@H](NC(=O)C1C2CCCCC21)C(=O)O. The summed E-state index contributed by atoms with van der Waals surface area (Å²) in [5.41, 5.74) is 0. The van der Waals surface area contributed by atoms with E-state index in [1.807, 2.05) is 0 Å². The van der Waals surface area contributed by atoms with Crippen molar-refractivity contribution < 1.29 is 24.6 Å². The van der Waals surface area contributed by atoms with Crippen LogP contribution in [0.1, 0.15) is 32.1 Å². The number of amides is 1. The van der Waals surface area contributed by atoms with Crippen LogP contribution in [0.3, 0.4) is 0 Å². The highest BCUT2D eigenvalue weighted by Crippen LogP contribution is 2.55. The predicted octanol–water partition coefficient (Wildman–Crippen LogP) is 0.467. The molecule has 0 heterocycles. The van der Waals surface area contributed by atoms with Crippen molar-refractivity contribution in [1.29, 1.82) is 0 Å². The molecule has 0 aromatic rings. The van der Waals surface area contributed by atoms with Crippen molar-refractivity contribution in [2.45, 2.75) is 38.1 Å². The summed E-state index contributed by atoms with van der Waals surface area (Å²) in [6.45, 7) is 0. The first-order chi connectivity index (χ1) is 8.50. The van der Waals surface area contributed by atoms with Gasteiger partial charge in [0.25, 0.3) is 0 Å². The Bertz CT molecular complexity index is 369. The summed E-state index contributed by atoms with van der Waals surface area (Å²) in [5, 5.41) is 19.8. The zero-order valence-electron chi connectivity index (χ0n) is 9.96. The van der Waals surface area contributed by atoms with Gasteiger partial charge in [-0.3, -0.25) is 9.59 Å². The lowest BCUT2D eigenvalue weighted by Crippen LogP contribution is -2.43. The number of carboxylic acid groups (broad SMARTS) is 2. The smallest absolute Gasteiger partial charge is 0.326 e. The summed E-state index contributed by atoms with van der Waals surface area (Å²) >= 11 is 0. The number of fused-ring (bicyclic) bond motifs is 1. The number of hydrogen-bond donors (Lipinski definition) is 3. The minimum Gasteiger partial charge on any atom is -0.481 e. The minimum atomic E-state index is -1.32. The number of carboxylic acids is 2. The maximum absolute atomic E-state index is 11.9. The number of carbonyl (C=O) groups excluding carboxylic acids is 1. The molecule has 2 saturated carbocycles. The Balaban J connectivity index is 1.89. The Labute approximate surface area is 104 Å². The zero-order chi connectivity index (χ0) is 13.3. The third-order valence-corrected chi connectivity index (χ3v) is 3.95. The standard InChI is InChI=1S/C12H17NO5/c14-9(15)5-8(12(17)18)13-11(16)10-6-3-1-2-4-7(6)10/h6-8,10H,1-5H2,(H,13,16)(H,14,15)(H,17,18)/t6?,7?,8-,10?/m1/s1. The molecular formula is C12H17NO5. The van der Waals surface area contributed by atoms with Gasteiger partial charge in [0.15, 0.2) is 0 Å². The van der Waals surface area contributed by atoms with Gasteiger partial charge in [-0.15, -0.1) is 0 Å². The predicted molar refractivity (Wildman–Crippen MR) is 60.8 cm³/mol. The zero-order valence-corrected chi connectivity index (χ0v) is 9.96. The fourth-order valence-electron chi connectivity index (χ4n) is 3.02. The highest BCUT2D eigenvalue weighted by Gasteiger charge is 2.55. The molecule has 0 bridgehead atoms. The highest BCUT2D eigenvalue weighted by atomic mass is 16.4. The lowest BCUT2D eigenvalue weighted by molar-refractivity contribution is -0.147. The van der Waals surface area contributed by atoms with Crippen LogP contribution >= 0.6 is 0 Å². The molecule has 0 aromatic carbocycles. The molecule has 2 rings (SSSR count). The van der Waals surface area contributed by atoms with Crippen LogP contribution in [0.25, 0.3) is 0 Å². The molecule has 0 spiro atoms. The molecule has 2 unspecified atom stereocenters. The first kappa shape index (κ1) is 12.9. The van der Waals surface area contributed by atoms with E-state index in [1.165, 1.54) is 0 Å². The van der Waals surface area contributed by atoms with E-state index in [0.29, 0.717) is 11.8 Å². The van der Waals surface area contributed by atoms with Crippen molar-refractivity contribution in [2.24, 2.45) is 17.8 Å². The quantitative estimate of drug-likeness (QED) is 0.662. The summed E-state index contributed by atoms with van der Waals surface area (Å²) in [4.78, 5) is 33.3. The van der Waals surface area contributed by atoms with E-state index in [9.17, 15) is 14.4 Å². The molecule has 0 aliphatic heterocycles. The molecule has 3 N–H and O–H groups in total. The van der Waals surface area contributed by atoms with Crippen LogP contribution in [0.2, 0.25) is 0 Å². The molecule has 1 amide bonds. The van der Waals surface area contributed by atoms with Crippen molar-refractivity contribution in [1.82, 2.24) is 5.32 Å². The fourth-order valence-corrected chi connectivity index (χ4v) is 3.02. The summed E-state index contributed by atoms with van der Waals surface area (Å²) in [7, 11) is 0. The molecule has 6 heteroatoms. The van der Waals surface area contributed by atoms with Crippen LogP contribution in [0.15, 0.2) is 0 Å². The Hall–Kier alpha value is -1.59. The van der Waals surface area contributed by atoms with E-state index in [4.69, 9.17) is 10.2 Å². The van der Waals surface area contributed by atoms with E-state index in [2.05, 4.69) is 5.32 Å². The maximum atomic E-state index is 11.9. The Kier molecular flexibility index (Phi) is 3.54. The molecule has 2 aliphatic carbocycles. The molecule has 0 saturated heterocycles. The number of rotatable bonds is 5. The van der Waals surface area contributed by atoms with Gasteiger partial charge in [0.1, 0.15) is 6.04 Å². The van der Waals surface area contributed by atoms with Crippen molar-refractivity contribution in [2.75, 3.05) is 0 Å². The molecule has 3 atom stereocenters. The van der Waals surface area contributed by atoms with Crippen molar-refractivity contribution >= 4 is 17.8 Å². The minimum absolute atomic E-state index is 0.0943. The van der Waals surface area contributed by atoms with Gasteiger partial charge < -0.3 is 15.5 Å². The Morgan fingerprint density at radius 2 is 1.67 bits per heavy atom. The van der Waals surface area contributed by atoms with Crippen molar-refractivity contribution in [3.8, 4) is 0 Å². The first-order valence-corrected chi connectivity index (χ1v) is 6.25. The summed E-state index contributed by atoms with van der Waals surface area (Å²) < 4.78 is 0. The third-order valence-electron chi connectivity index (χ3n) is 3.95. The summed E-state index contributed by atoms with van der Waals surface area (Å²) in [6, 6.07) is -1.32. The molecule has 6 nitrogen and oxygen atoms in total. The highest BCUT2D eigenvalue weighted by molar-refractivity contribution is 5.89. The molecule has 0 radical (unpaired) electrons. The molecule has 2 fully saturated rings. The van der Waals surface area contributed by atoms with Crippen LogP contribution in [0.4, 0.5) is 0 Å². The second-order valence-electron chi connectivity index (χ2n) is 5.14. The third kappa shape index (κ3) is 2.63. The van der Waals surface area contributed by atoms with Crippen molar-refractivity contribution in [3.05, 3.63) is 0 Å². The maximum Gasteiger partial charge on any atom is 0.326 e. The van der Waals surface area contributed by atoms with Gasteiger partial charge in [-0.1, -0.05) is 12.8 Å². The van der Waals surface area contributed by atoms with Crippen LogP contribution in [0.5, 0.6) is 0 Å². The van der Waals surface area contributed by atoms with Crippen LogP contribution in [-0.2, 0) is 14.4 Å². The van der Waals surface area contributed by atoms with Crippen molar-refractivity contribution in [3.63, 3.8) is 0 Å². The fraction of sp³-hybridized carbons (Fsp3) is 0.750. The van der Waals surface area contributed by atoms with E-state index in [-0.39, 0.29) is 11.8 Å². The average molecular weight is 255 g/mol. The van der Waals surface area contributed by atoms with E-state index >= 15 is 0 Å². The van der Waals surface area contributed by atoms with Crippen LogP contribution < -0.4 is 5.32 Å².